The topological polar surface area (TPSA) is 53.4 Å². The average molecular weight is 282 g/mol. The molecule has 4 heteroatoms. The summed E-state index contributed by atoms with van der Waals surface area (Å²) in [5.41, 5.74) is 3.92. The number of nitrogens with zero attached hydrogens (tertiary/aromatic N) is 2. The van der Waals surface area contributed by atoms with E-state index in [9.17, 15) is 4.79 Å². The van der Waals surface area contributed by atoms with Gasteiger partial charge in [0.25, 0.3) is 0 Å². The van der Waals surface area contributed by atoms with Crippen molar-refractivity contribution < 1.29 is 9.90 Å². The Kier molecular flexibility index (Phi) is 3.97. The Balaban J connectivity index is 1.76. The molecule has 0 unspecified atom stereocenters. The number of aromatic nitrogens is 1. The van der Waals surface area contributed by atoms with Gasteiger partial charge in [0.15, 0.2) is 0 Å². The third-order valence-corrected chi connectivity index (χ3v) is 3.88. The molecular weight excluding hydrogens is 264 g/mol. The second-order valence-corrected chi connectivity index (χ2v) is 5.44. The van der Waals surface area contributed by atoms with Crippen LogP contribution in [0.15, 0.2) is 42.6 Å². The number of pyridine rings is 1. The van der Waals surface area contributed by atoms with Gasteiger partial charge in [0.05, 0.1) is 0 Å². The molecule has 2 aromatic rings. The molecule has 1 aliphatic rings. The van der Waals surface area contributed by atoms with Crippen LogP contribution in [-0.4, -0.2) is 27.5 Å². The Hall–Kier alpha value is -2.20. The van der Waals surface area contributed by atoms with E-state index in [0.717, 1.165) is 38.0 Å². The molecule has 1 aliphatic heterocycles. The number of aryl methyl sites for hydroxylation is 1. The minimum absolute atomic E-state index is 0.114. The Morgan fingerprint density at radius 2 is 2.05 bits per heavy atom. The third-order valence-electron chi connectivity index (χ3n) is 3.88. The second kappa shape index (κ2) is 6.06. The van der Waals surface area contributed by atoms with Gasteiger partial charge in [-0.25, -0.2) is 9.78 Å². The van der Waals surface area contributed by atoms with Gasteiger partial charge in [0, 0.05) is 19.3 Å². The highest BCUT2D eigenvalue weighted by molar-refractivity contribution is 5.85. The summed E-state index contributed by atoms with van der Waals surface area (Å²) in [7, 11) is 0. The molecule has 0 bridgehead atoms. The summed E-state index contributed by atoms with van der Waals surface area (Å²) in [4.78, 5) is 17.2. The van der Waals surface area contributed by atoms with Crippen molar-refractivity contribution in [1.82, 2.24) is 9.88 Å². The number of fused-ring (bicyclic) bond motifs is 1. The molecule has 2 heterocycles. The van der Waals surface area contributed by atoms with Gasteiger partial charge < -0.3 is 5.11 Å². The van der Waals surface area contributed by atoms with Crippen LogP contribution >= 0.6 is 0 Å². The number of carbonyl (C=O) groups is 1. The Bertz CT molecular complexity index is 655. The van der Waals surface area contributed by atoms with Crippen LogP contribution in [0.25, 0.3) is 0 Å². The largest absolute Gasteiger partial charge is 0.477 e. The van der Waals surface area contributed by atoms with Crippen molar-refractivity contribution in [2.45, 2.75) is 25.9 Å². The standard InChI is InChI=1S/C17H18N2O2/c20-17(21)16-10-13(7-8-18-16)11-19-9-3-6-14-4-1-2-5-15(14)12-19/h1-2,4-5,7-8,10H,3,6,9,11-12H2,(H,20,21). The lowest BCUT2D eigenvalue weighted by Crippen LogP contribution is -2.23. The third kappa shape index (κ3) is 3.28. The number of benzene rings is 1. The van der Waals surface area contributed by atoms with E-state index in [1.54, 1.807) is 12.3 Å². The van der Waals surface area contributed by atoms with E-state index < -0.39 is 5.97 Å². The maximum absolute atomic E-state index is 11.0. The monoisotopic (exact) mass is 282 g/mol. The molecule has 1 N–H and O–H groups in total. The molecule has 3 rings (SSSR count). The molecule has 0 amide bonds. The molecule has 0 fully saturated rings. The predicted molar refractivity (Wildman–Crippen MR) is 80.1 cm³/mol. The summed E-state index contributed by atoms with van der Waals surface area (Å²) >= 11 is 0. The Morgan fingerprint density at radius 1 is 1.24 bits per heavy atom. The van der Waals surface area contributed by atoms with E-state index in [1.807, 2.05) is 6.07 Å². The molecule has 108 valence electrons. The fraction of sp³-hybridized carbons (Fsp3) is 0.294. The minimum atomic E-state index is -0.974. The summed E-state index contributed by atoms with van der Waals surface area (Å²) in [6.07, 6.45) is 3.82. The fourth-order valence-corrected chi connectivity index (χ4v) is 2.85. The molecular formula is C17H18N2O2. The first-order valence-corrected chi connectivity index (χ1v) is 7.20. The van der Waals surface area contributed by atoms with Gasteiger partial charge in [0.1, 0.15) is 5.69 Å². The Morgan fingerprint density at radius 3 is 2.86 bits per heavy atom. The van der Waals surface area contributed by atoms with Crippen molar-refractivity contribution in [2.24, 2.45) is 0 Å². The van der Waals surface area contributed by atoms with Crippen molar-refractivity contribution in [2.75, 3.05) is 6.54 Å². The number of aromatic carboxylic acids is 1. The van der Waals surface area contributed by atoms with E-state index in [-0.39, 0.29) is 5.69 Å². The number of hydrogen-bond donors (Lipinski definition) is 1. The lowest BCUT2D eigenvalue weighted by molar-refractivity contribution is 0.0690. The number of carboxylic acid groups (broad SMARTS) is 1. The first-order valence-electron chi connectivity index (χ1n) is 7.20. The van der Waals surface area contributed by atoms with E-state index in [1.165, 1.54) is 11.1 Å². The molecule has 1 aromatic heterocycles. The lowest BCUT2D eigenvalue weighted by atomic mass is 10.0. The summed E-state index contributed by atoms with van der Waals surface area (Å²) in [5, 5.41) is 9.01. The van der Waals surface area contributed by atoms with Crippen LogP contribution in [0.4, 0.5) is 0 Å². The SMILES string of the molecule is O=C(O)c1cc(CN2CCCc3ccccc3C2)ccn1. The zero-order valence-electron chi connectivity index (χ0n) is 11.8. The maximum atomic E-state index is 11.0. The van der Waals surface area contributed by atoms with Crippen LogP contribution in [0.2, 0.25) is 0 Å². The van der Waals surface area contributed by atoms with Gasteiger partial charge in [0.2, 0.25) is 0 Å². The van der Waals surface area contributed by atoms with Crippen LogP contribution < -0.4 is 0 Å². The van der Waals surface area contributed by atoms with Gasteiger partial charge in [-0.2, -0.15) is 0 Å². The molecule has 0 aliphatic carbocycles. The van der Waals surface area contributed by atoms with Crippen molar-refractivity contribution in [3.63, 3.8) is 0 Å². The van der Waals surface area contributed by atoms with Gasteiger partial charge in [-0.1, -0.05) is 24.3 Å². The molecule has 0 saturated carbocycles. The summed E-state index contributed by atoms with van der Waals surface area (Å²) in [6, 6.07) is 12.1. The number of carboxylic acids is 1. The fourth-order valence-electron chi connectivity index (χ4n) is 2.85. The minimum Gasteiger partial charge on any atom is -0.477 e. The smallest absolute Gasteiger partial charge is 0.354 e. The molecule has 0 radical (unpaired) electrons. The summed E-state index contributed by atoms with van der Waals surface area (Å²) in [5.74, 6) is -0.974. The molecule has 0 spiro atoms. The quantitative estimate of drug-likeness (QED) is 0.940. The highest BCUT2D eigenvalue weighted by Crippen LogP contribution is 2.20. The zero-order valence-corrected chi connectivity index (χ0v) is 11.8. The molecule has 1 aromatic carbocycles. The molecule has 4 nitrogen and oxygen atoms in total. The normalized spacial score (nSPS) is 15.2. The van der Waals surface area contributed by atoms with E-state index in [0.29, 0.717) is 0 Å². The van der Waals surface area contributed by atoms with Crippen molar-refractivity contribution in [3.05, 3.63) is 65.0 Å². The zero-order chi connectivity index (χ0) is 14.7. The first-order chi connectivity index (χ1) is 10.2. The van der Waals surface area contributed by atoms with Crippen LogP contribution in [0, 0.1) is 0 Å². The Labute approximate surface area is 124 Å². The number of hydrogen-bond acceptors (Lipinski definition) is 3. The average Bonchev–Trinajstić information content (AvgIpc) is 2.69. The van der Waals surface area contributed by atoms with Gasteiger partial charge in [-0.3, -0.25) is 4.90 Å². The van der Waals surface area contributed by atoms with Crippen LogP contribution in [0.1, 0.15) is 33.6 Å². The second-order valence-electron chi connectivity index (χ2n) is 5.44. The number of rotatable bonds is 3. The predicted octanol–water partition coefficient (Wildman–Crippen LogP) is 2.73. The highest BCUT2D eigenvalue weighted by Gasteiger charge is 2.15. The van der Waals surface area contributed by atoms with Crippen LogP contribution in [0.5, 0.6) is 0 Å². The summed E-state index contributed by atoms with van der Waals surface area (Å²) < 4.78 is 0. The highest BCUT2D eigenvalue weighted by atomic mass is 16.4. The summed E-state index contributed by atoms with van der Waals surface area (Å²) in [6.45, 7) is 2.71. The van der Waals surface area contributed by atoms with Gasteiger partial charge >= 0.3 is 5.97 Å². The van der Waals surface area contributed by atoms with Crippen molar-refractivity contribution in [3.8, 4) is 0 Å². The van der Waals surface area contributed by atoms with E-state index in [4.69, 9.17) is 5.11 Å². The lowest BCUT2D eigenvalue weighted by Gasteiger charge is -2.20. The van der Waals surface area contributed by atoms with Gasteiger partial charge in [-0.15, -0.1) is 0 Å². The van der Waals surface area contributed by atoms with Crippen molar-refractivity contribution >= 4 is 5.97 Å². The van der Waals surface area contributed by atoms with Crippen LogP contribution in [0.3, 0.4) is 0 Å². The van der Waals surface area contributed by atoms with E-state index >= 15 is 0 Å². The molecule has 21 heavy (non-hydrogen) atoms. The molecule has 0 saturated heterocycles. The maximum Gasteiger partial charge on any atom is 0.354 e. The van der Waals surface area contributed by atoms with E-state index in [2.05, 4.69) is 34.1 Å². The molecule has 0 atom stereocenters. The van der Waals surface area contributed by atoms with Crippen molar-refractivity contribution in [1.29, 1.82) is 0 Å². The van der Waals surface area contributed by atoms with Gasteiger partial charge in [-0.05, 0) is 48.2 Å². The van der Waals surface area contributed by atoms with Crippen LogP contribution in [-0.2, 0) is 19.5 Å². The first kappa shape index (κ1) is 13.8.